The summed E-state index contributed by atoms with van der Waals surface area (Å²) in [4.78, 5) is 0. The number of halogens is 1. The number of rotatable bonds is 7. The number of nitrogens with zero attached hydrogens (tertiary/aromatic N) is 2. The van der Waals surface area contributed by atoms with E-state index in [4.69, 9.17) is 4.74 Å². The van der Waals surface area contributed by atoms with Gasteiger partial charge >= 0.3 is 0 Å². The van der Waals surface area contributed by atoms with Gasteiger partial charge in [0.15, 0.2) is 0 Å². The summed E-state index contributed by atoms with van der Waals surface area (Å²) in [7, 11) is 1.82. The minimum Gasteiger partial charge on any atom is -0.389 e. The molecule has 2 aromatic rings. The monoisotopic (exact) mass is 279 g/mol. The number of aliphatic hydroxyl groups excluding tert-OH is 1. The highest BCUT2D eigenvalue weighted by Gasteiger charge is 2.07. The van der Waals surface area contributed by atoms with Crippen LogP contribution in [0.3, 0.4) is 0 Å². The number of aromatic nitrogens is 2. The molecule has 0 bridgehead atoms. The Bertz CT molecular complexity index is 545. The summed E-state index contributed by atoms with van der Waals surface area (Å²) in [5.41, 5.74) is 0.484. The summed E-state index contributed by atoms with van der Waals surface area (Å²) < 4.78 is 20.3. The number of nitrogens with one attached hydrogen (secondary N) is 1. The van der Waals surface area contributed by atoms with E-state index < -0.39 is 6.10 Å². The third-order valence-electron chi connectivity index (χ3n) is 2.76. The van der Waals surface area contributed by atoms with E-state index in [1.165, 1.54) is 6.07 Å². The van der Waals surface area contributed by atoms with E-state index in [2.05, 4.69) is 10.4 Å². The van der Waals surface area contributed by atoms with E-state index in [1.54, 1.807) is 22.9 Å². The van der Waals surface area contributed by atoms with E-state index in [0.717, 1.165) is 0 Å². The molecule has 2 N–H and O–H groups in total. The molecule has 1 aromatic heterocycles. The van der Waals surface area contributed by atoms with Crippen molar-refractivity contribution in [2.24, 2.45) is 7.05 Å². The number of benzene rings is 1. The van der Waals surface area contributed by atoms with Crippen LogP contribution in [0.1, 0.15) is 5.56 Å². The fourth-order valence-corrected chi connectivity index (χ4v) is 1.71. The molecule has 6 heteroatoms. The normalized spacial score (nSPS) is 12.3. The fourth-order valence-electron chi connectivity index (χ4n) is 1.71. The summed E-state index contributed by atoms with van der Waals surface area (Å²) in [5.74, 6) is 0.397. The zero-order valence-corrected chi connectivity index (χ0v) is 11.3. The minimum atomic E-state index is -0.677. The lowest BCUT2D eigenvalue weighted by Crippen LogP contribution is -2.25. The van der Waals surface area contributed by atoms with E-state index >= 15 is 0 Å². The van der Waals surface area contributed by atoms with Gasteiger partial charge in [0.05, 0.1) is 19.3 Å². The number of hydrogen-bond acceptors (Lipinski definition) is 4. The summed E-state index contributed by atoms with van der Waals surface area (Å²) in [6.07, 6.45) is 1.13. The lowest BCUT2D eigenvalue weighted by Gasteiger charge is -2.12. The Kier molecular flexibility index (Phi) is 5.09. The Balaban J connectivity index is 1.67. The van der Waals surface area contributed by atoms with Crippen molar-refractivity contribution in [1.29, 1.82) is 0 Å². The molecular weight excluding hydrogens is 261 g/mol. The molecule has 1 aromatic carbocycles. The first-order valence-electron chi connectivity index (χ1n) is 6.38. The highest BCUT2D eigenvalue weighted by atomic mass is 19.1. The lowest BCUT2D eigenvalue weighted by atomic mass is 10.2. The van der Waals surface area contributed by atoms with Crippen molar-refractivity contribution in [3.8, 4) is 0 Å². The average molecular weight is 279 g/mol. The molecule has 0 aliphatic carbocycles. The van der Waals surface area contributed by atoms with Gasteiger partial charge in [-0.3, -0.25) is 4.68 Å². The first-order chi connectivity index (χ1) is 9.65. The number of anilines is 1. The van der Waals surface area contributed by atoms with Crippen LogP contribution in [0.4, 0.5) is 10.2 Å². The number of aryl methyl sites for hydroxylation is 1. The zero-order valence-electron chi connectivity index (χ0n) is 11.3. The third-order valence-corrected chi connectivity index (χ3v) is 2.76. The van der Waals surface area contributed by atoms with Gasteiger partial charge in [0, 0.05) is 31.4 Å². The van der Waals surface area contributed by atoms with Gasteiger partial charge in [-0.25, -0.2) is 4.39 Å². The molecule has 1 atom stereocenters. The molecule has 2 rings (SSSR count). The van der Waals surface area contributed by atoms with Gasteiger partial charge in [-0.1, -0.05) is 18.2 Å². The van der Waals surface area contributed by atoms with E-state index in [1.807, 2.05) is 19.3 Å². The van der Waals surface area contributed by atoms with Crippen molar-refractivity contribution >= 4 is 5.82 Å². The van der Waals surface area contributed by atoms with Crippen LogP contribution in [-0.4, -0.2) is 34.1 Å². The maximum atomic E-state index is 13.3. The zero-order chi connectivity index (χ0) is 14.4. The smallest absolute Gasteiger partial charge is 0.148 e. The maximum absolute atomic E-state index is 13.3. The van der Waals surface area contributed by atoms with E-state index in [-0.39, 0.29) is 19.0 Å². The molecule has 0 saturated carbocycles. The van der Waals surface area contributed by atoms with Gasteiger partial charge in [0.1, 0.15) is 11.6 Å². The molecule has 5 nitrogen and oxygen atoms in total. The molecule has 20 heavy (non-hydrogen) atoms. The van der Waals surface area contributed by atoms with Gasteiger partial charge in [-0.2, -0.15) is 5.10 Å². The highest BCUT2D eigenvalue weighted by Crippen LogP contribution is 2.08. The predicted molar refractivity (Wildman–Crippen MR) is 73.8 cm³/mol. The molecule has 0 saturated heterocycles. The Labute approximate surface area is 117 Å². The van der Waals surface area contributed by atoms with Crippen molar-refractivity contribution in [3.05, 3.63) is 47.9 Å². The average Bonchev–Trinajstić information content (AvgIpc) is 2.84. The molecule has 108 valence electrons. The Morgan fingerprint density at radius 2 is 2.20 bits per heavy atom. The SMILES string of the molecule is Cn1ccc(NCC(O)COCc2ccccc2F)n1. The Morgan fingerprint density at radius 3 is 2.90 bits per heavy atom. The summed E-state index contributed by atoms with van der Waals surface area (Å²) in [6, 6.07) is 8.24. The maximum Gasteiger partial charge on any atom is 0.148 e. The Hall–Kier alpha value is -1.92. The molecule has 1 unspecified atom stereocenters. The Morgan fingerprint density at radius 1 is 1.40 bits per heavy atom. The van der Waals surface area contributed by atoms with Gasteiger partial charge in [0.2, 0.25) is 0 Å². The molecule has 0 radical (unpaired) electrons. The second-order valence-electron chi connectivity index (χ2n) is 4.52. The van der Waals surface area contributed by atoms with Crippen molar-refractivity contribution in [2.45, 2.75) is 12.7 Å². The summed E-state index contributed by atoms with van der Waals surface area (Å²) in [6.45, 7) is 0.607. The first-order valence-corrected chi connectivity index (χ1v) is 6.38. The second-order valence-corrected chi connectivity index (χ2v) is 4.52. The van der Waals surface area contributed by atoms with Gasteiger partial charge in [-0.05, 0) is 6.07 Å². The molecule has 0 aliphatic rings. The van der Waals surface area contributed by atoms with E-state index in [0.29, 0.717) is 17.9 Å². The van der Waals surface area contributed by atoms with Crippen molar-refractivity contribution in [2.75, 3.05) is 18.5 Å². The largest absolute Gasteiger partial charge is 0.389 e. The van der Waals surface area contributed by atoms with Gasteiger partial charge in [0.25, 0.3) is 0 Å². The topological polar surface area (TPSA) is 59.3 Å². The molecule has 1 heterocycles. The minimum absolute atomic E-state index is 0.133. The standard InChI is InChI=1S/C14H18FN3O2/c1-18-7-6-14(17-18)16-8-12(19)10-20-9-11-4-2-3-5-13(11)15/h2-7,12,19H,8-10H2,1H3,(H,16,17). The summed E-state index contributed by atoms with van der Waals surface area (Å²) in [5, 5.41) is 16.9. The first kappa shape index (κ1) is 14.5. The van der Waals surface area contributed by atoms with E-state index in [9.17, 15) is 9.50 Å². The molecule has 0 spiro atoms. The molecule has 0 aliphatic heterocycles. The molecule has 0 amide bonds. The van der Waals surface area contributed by atoms with Crippen LogP contribution < -0.4 is 5.32 Å². The van der Waals surface area contributed by atoms with Crippen molar-refractivity contribution < 1.29 is 14.2 Å². The number of hydrogen-bond donors (Lipinski definition) is 2. The highest BCUT2D eigenvalue weighted by molar-refractivity contribution is 5.32. The van der Waals surface area contributed by atoms with Crippen LogP contribution in [0.15, 0.2) is 36.5 Å². The fraction of sp³-hybridized carbons (Fsp3) is 0.357. The van der Waals surface area contributed by atoms with Crippen molar-refractivity contribution in [3.63, 3.8) is 0 Å². The van der Waals surface area contributed by atoms with Crippen molar-refractivity contribution in [1.82, 2.24) is 9.78 Å². The van der Waals surface area contributed by atoms with Crippen LogP contribution in [0.5, 0.6) is 0 Å². The predicted octanol–water partition coefficient (Wildman–Crippen LogP) is 1.55. The van der Waals surface area contributed by atoms with Crippen LogP contribution >= 0.6 is 0 Å². The van der Waals surface area contributed by atoms with Crippen LogP contribution in [0.25, 0.3) is 0 Å². The lowest BCUT2D eigenvalue weighted by molar-refractivity contribution is 0.0337. The van der Waals surface area contributed by atoms with Crippen LogP contribution in [0, 0.1) is 5.82 Å². The van der Waals surface area contributed by atoms with Gasteiger partial charge in [-0.15, -0.1) is 0 Å². The quantitative estimate of drug-likeness (QED) is 0.807. The van der Waals surface area contributed by atoms with Gasteiger partial charge < -0.3 is 15.2 Å². The second kappa shape index (κ2) is 7.02. The third kappa shape index (κ3) is 4.32. The number of ether oxygens (including phenoxy) is 1. The van der Waals surface area contributed by atoms with Crippen LogP contribution in [-0.2, 0) is 18.4 Å². The molecular formula is C14H18FN3O2. The molecule has 0 fully saturated rings. The van der Waals surface area contributed by atoms with Crippen LogP contribution in [0.2, 0.25) is 0 Å². The summed E-state index contributed by atoms with van der Waals surface area (Å²) >= 11 is 0. The number of aliphatic hydroxyl groups is 1.